The number of nitrogens with one attached hydrogen (secondary N) is 1. The Balaban J connectivity index is 1.67. The Morgan fingerprint density at radius 3 is 2.46 bits per heavy atom. The molecule has 0 aliphatic carbocycles. The minimum atomic E-state index is -0.410. The van der Waals surface area contributed by atoms with Crippen molar-refractivity contribution in [1.82, 2.24) is 15.1 Å². The Kier molecular flexibility index (Phi) is 6.50. The Morgan fingerprint density at radius 2 is 1.77 bits per heavy atom. The van der Waals surface area contributed by atoms with Gasteiger partial charge in [0.05, 0.1) is 17.7 Å². The number of aliphatic imine (C=N–C) groups is 1. The zero-order valence-corrected chi connectivity index (χ0v) is 20.6. The summed E-state index contributed by atoms with van der Waals surface area (Å²) in [5.74, 6) is 0.439. The van der Waals surface area contributed by atoms with E-state index in [1.54, 1.807) is 15.9 Å². The van der Waals surface area contributed by atoms with Crippen LogP contribution in [0.1, 0.15) is 40.8 Å². The molecule has 178 valence electrons. The lowest BCUT2D eigenvalue weighted by Crippen LogP contribution is -2.53. The molecule has 2 heterocycles. The molecule has 0 radical (unpaired) electrons. The van der Waals surface area contributed by atoms with Crippen molar-refractivity contribution in [2.24, 2.45) is 4.99 Å². The Labute approximate surface area is 214 Å². The molecule has 3 aromatic carbocycles. The van der Waals surface area contributed by atoms with Crippen LogP contribution in [0.3, 0.4) is 0 Å². The van der Waals surface area contributed by atoms with E-state index in [9.17, 15) is 9.59 Å². The third kappa shape index (κ3) is 4.64. The summed E-state index contributed by atoms with van der Waals surface area (Å²) in [6.07, 6.45) is 0.258. The second kappa shape index (κ2) is 9.72. The number of hydrogen-bond acceptors (Lipinski definition) is 3. The quantitative estimate of drug-likeness (QED) is 0.491. The van der Waals surface area contributed by atoms with Gasteiger partial charge in [-0.3, -0.25) is 14.7 Å². The average Bonchev–Trinajstić information content (AvgIpc) is 3.25. The van der Waals surface area contributed by atoms with Crippen LogP contribution in [0.4, 0.5) is 4.79 Å². The third-order valence-corrected chi connectivity index (χ3v) is 6.91. The smallest absolute Gasteiger partial charge is 0.327 e. The van der Waals surface area contributed by atoms with Gasteiger partial charge in [-0.25, -0.2) is 4.79 Å². The molecule has 5 rings (SSSR count). The first kappa shape index (κ1) is 23.4. The van der Waals surface area contributed by atoms with Gasteiger partial charge in [-0.05, 0) is 42.3 Å². The highest BCUT2D eigenvalue weighted by molar-refractivity contribution is 6.34. The molecule has 6 nitrogen and oxygen atoms in total. The highest BCUT2D eigenvalue weighted by Gasteiger charge is 2.44. The molecule has 1 fully saturated rings. The van der Waals surface area contributed by atoms with Crippen molar-refractivity contribution >= 4 is 41.0 Å². The molecule has 3 amide bonds. The molecular formula is C27H24Cl2N4O2. The molecule has 3 aromatic rings. The number of urea groups is 1. The Morgan fingerprint density at radius 1 is 1.00 bits per heavy atom. The maximum absolute atomic E-state index is 14.1. The van der Waals surface area contributed by atoms with Crippen molar-refractivity contribution in [2.45, 2.75) is 25.4 Å². The second-order valence-electron chi connectivity index (χ2n) is 8.71. The predicted octanol–water partition coefficient (Wildman–Crippen LogP) is 5.75. The summed E-state index contributed by atoms with van der Waals surface area (Å²) in [7, 11) is 0. The molecule has 2 unspecified atom stereocenters. The van der Waals surface area contributed by atoms with E-state index >= 15 is 0 Å². The molecule has 2 atom stereocenters. The first-order valence-electron chi connectivity index (χ1n) is 11.4. The molecule has 0 saturated carbocycles. The van der Waals surface area contributed by atoms with Crippen molar-refractivity contribution in [2.75, 3.05) is 13.2 Å². The minimum Gasteiger partial charge on any atom is -0.338 e. The zero-order valence-electron chi connectivity index (χ0n) is 19.1. The van der Waals surface area contributed by atoms with Crippen LogP contribution in [-0.4, -0.2) is 40.8 Å². The maximum atomic E-state index is 14.1. The normalized spacial score (nSPS) is 20.0. The van der Waals surface area contributed by atoms with Gasteiger partial charge < -0.3 is 10.2 Å². The van der Waals surface area contributed by atoms with Gasteiger partial charge in [-0.2, -0.15) is 0 Å². The van der Waals surface area contributed by atoms with Gasteiger partial charge in [0.25, 0.3) is 0 Å². The van der Waals surface area contributed by atoms with E-state index in [0.29, 0.717) is 28.0 Å². The summed E-state index contributed by atoms with van der Waals surface area (Å²) in [5.41, 5.74) is 3.66. The topological polar surface area (TPSA) is 65.0 Å². The molecule has 0 bridgehead atoms. The molecule has 2 aliphatic heterocycles. The highest BCUT2D eigenvalue weighted by atomic mass is 35.5. The molecule has 1 saturated heterocycles. The third-order valence-electron chi connectivity index (χ3n) is 6.33. The number of halogens is 2. The van der Waals surface area contributed by atoms with Crippen LogP contribution in [-0.2, 0) is 4.79 Å². The highest BCUT2D eigenvalue weighted by Crippen LogP contribution is 2.45. The lowest BCUT2D eigenvalue weighted by atomic mass is 9.93. The fourth-order valence-electron chi connectivity index (χ4n) is 4.59. The summed E-state index contributed by atoms with van der Waals surface area (Å²) >= 11 is 12.8. The molecule has 35 heavy (non-hydrogen) atoms. The van der Waals surface area contributed by atoms with E-state index in [0.717, 1.165) is 16.7 Å². The predicted molar refractivity (Wildman–Crippen MR) is 138 cm³/mol. The van der Waals surface area contributed by atoms with Crippen LogP contribution in [0.2, 0.25) is 10.0 Å². The van der Waals surface area contributed by atoms with Gasteiger partial charge >= 0.3 is 6.03 Å². The van der Waals surface area contributed by atoms with Crippen molar-refractivity contribution < 1.29 is 9.59 Å². The second-order valence-corrected chi connectivity index (χ2v) is 9.56. The zero-order chi connectivity index (χ0) is 24.5. The van der Waals surface area contributed by atoms with Gasteiger partial charge in [0.15, 0.2) is 0 Å². The lowest BCUT2D eigenvalue weighted by molar-refractivity contribution is -0.123. The summed E-state index contributed by atoms with van der Waals surface area (Å²) in [6.45, 7) is 2.51. The SMILES string of the molecule is Cc1cccc(C2C(c3ccc(Cl)cc3)N=C(c3ccccc3Cl)N2C(=O)N2CCC(=O)NC2)c1. The molecular weight excluding hydrogens is 483 g/mol. The standard InChI is InChI=1S/C27H24Cl2N4O2/c1-17-5-4-6-19(15-17)25-24(18-9-11-20(28)12-10-18)31-26(21-7-2-3-8-22(21)29)33(25)27(35)32-14-13-23(34)30-16-32/h2-12,15,24-25H,13-14,16H2,1H3,(H,30,34). The molecule has 1 N–H and O–H groups in total. The van der Waals surface area contributed by atoms with Crippen LogP contribution in [0.25, 0.3) is 0 Å². The van der Waals surface area contributed by atoms with Gasteiger partial charge in [0.1, 0.15) is 11.9 Å². The van der Waals surface area contributed by atoms with Gasteiger partial charge in [0, 0.05) is 23.6 Å². The summed E-state index contributed by atoms with van der Waals surface area (Å²) in [6, 6.07) is 22.0. The fourth-order valence-corrected chi connectivity index (χ4v) is 4.94. The van der Waals surface area contributed by atoms with E-state index in [2.05, 4.69) is 11.4 Å². The number of rotatable bonds is 3. The molecule has 2 aliphatic rings. The van der Waals surface area contributed by atoms with Crippen LogP contribution >= 0.6 is 23.2 Å². The summed E-state index contributed by atoms with van der Waals surface area (Å²) < 4.78 is 0. The maximum Gasteiger partial charge on any atom is 0.327 e. The fraction of sp³-hybridized carbons (Fsp3) is 0.222. The largest absolute Gasteiger partial charge is 0.338 e. The van der Waals surface area contributed by atoms with E-state index in [1.807, 2.05) is 67.6 Å². The van der Waals surface area contributed by atoms with Crippen LogP contribution in [0.5, 0.6) is 0 Å². The van der Waals surface area contributed by atoms with Crippen molar-refractivity contribution in [3.05, 3.63) is 105 Å². The minimum absolute atomic E-state index is 0.0651. The average molecular weight is 507 g/mol. The van der Waals surface area contributed by atoms with Crippen molar-refractivity contribution in [3.63, 3.8) is 0 Å². The number of aryl methyl sites for hydroxylation is 1. The van der Waals surface area contributed by atoms with E-state index < -0.39 is 6.04 Å². The molecule has 8 heteroatoms. The van der Waals surface area contributed by atoms with Crippen molar-refractivity contribution in [3.8, 4) is 0 Å². The number of amides is 3. The summed E-state index contributed by atoms with van der Waals surface area (Å²) in [4.78, 5) is 34.3. The number of carbonyl (C=O) groups excluding carboxylic acids is 2. The first-order valence-corrected chi connectivity index (χ1v) is 12.2. The summed E-state index contributed by atoms with van der Waals surface area (Å²) in [5, 5.41) is 3.91. The lowest BCUT2D eigenvalue weighted by Gasteiger charge is -2.36. The van der Waals surface area contributed by atoms with Gasteiger partial charge in [-0.15, -0.1) is 0 Å². The van der Waals surface area contributed by atoms with Crippen molar-refractivity contribution in [1.29, 1.82) is 0 Å². The number of hydrogen-bond donors (Lipinski definition) is 1. The number of benzene rings is 3. The monoisotopic (exact) mass is 506 g/mol. The van der Waals surface area contributed by atoms with Crippen LogP contribution in [0.15, 0.2) is 77.8 Å². The van der Waals surface area contributed by atoms with Crippen LogP contribution < -0.4 is 5.32 Å². The molecule has 0 aromatic heterocycles. The van der Waals surface area contributed by atoms with E-state index in [4.69, 9.17) is 28.2 Å². The number of carbonyl (C=O) groups is 2. The van der Waals surface area contributed by atoms with Crippen LogP contribution in [0, 0.1) is 6.92 Å². The number of nitrogens with zero attached hydrogens (tertiary/aromatic N) is 3. The first-order chi connectivity index (χ1) is 16.9. The number of amidine groups is 1. The Bertz CT molecular complexity index is 1300. The van der Waals surface area contributed by atoms with Gasteiger partial charge in [-0.1, -0.05) is 77.3 Å². The molecule has 0 spiro atoms. The van der Waals surface area contributed by atoms with E-state index in [1.165, 1.54) is 0 Å². The van der Waals surface area contributed by atoms with Gasteiger partial charge in [0.2, 0.25) is 5.91 Å². The van der Waals surface area contributed by atoms with E-state index in [-0.39, 0.29) is 31.1 Å². The Hall–Kier alpha value is -3.35.